The molecule has 2 N–H and O–H groups in total. The minimum atomic E-state index is -0.00392. The number of aliphatic hydroxyl groups excluding tert-OH is 1. The summed E-state index contributed by atoms with van der Waals surface area (Å²) in [5.41, 5.74) is 3.78. The van der Waals surface area contributed by atoms with E-state index in [2.05, 4.69) is 42.1 Å². The van der Waals surface area contributed by atoms with Gasteiger partial charge in [-0.25, -0.2) is 15.0 Å². The number of aromatic nitrogens is 3. The number of ketones is 1. The molecule has 200 valence electrons. The van der Waals surface area contributed by atoms with Gasteiger partial charge in [-0.2, -0.15) is 0 Å². The minimum Gasteiger partial charge on any atom is -0.395 e. The summed E-state index contributed by atoms with van der Waals surface area (Å²) in [6, 6.07) is 14.1. The summed E-state index contributed by atoms with van der Waals surface area (Å²) < 4.78 is 0. The number of piperazine rings is 1. The second-order valence-electron chi connectivity index (χ2n) is 10.5. The van der Waals surface area contributed by atoms with Crippen LogP contribution in [0.4, 0.5) is 17.5 Å². The van der Waals surface area contributed by atoms with E-state index < -0.39 is 0 Å². The molecule has 4 atom stereocenters. The molecule has 7 heterocycles. The second kappa shape index (κ2) is 12.0. The third-order valence-electron chi connectivity index (χ3n) is 7.62. The Morgan fingerprint density at radius 3 is 2.79 bits per heavy atom. The van der Waals surface area contributed by atoms with E-state index in [-0.39, 0.29) is 24.3 Å². The van der Waals surface area contributed by atoms with Crippen LogP contribution >= 0.6 is 0 Å². The maximum atomic E-state index is 13.0. The molecule has 1 aromatic carbocycles. The summed E-state index contributed by atoms with van der Waals surface area (Å²) in [6.07, 6.45) is 5.36. The van der Waals surface area contributed by atoms with E-state index in [1.54, 1.807) is 6.20 Å². The van der Waals surface area contributed by atoms with Gasteiger partial charge in [0.1, 0.15) is 11.6 Å². The molecule has 38 heavy (non-hydrogen) atoms. The molecule has 1 fully saturated rings. The molecule has 1 saturated heterocycles. The van der Waals surface area contributed by atoms with Crippen molar-refractivity contribution in [2.75, 3.05) is 56.6 Å². The number of rotatable bonds is 1. The Labute approximate surface area is 224 Å². The smallest absolute Gasteiger partial charge is 0.227 e. The fraction of sp³-hybridized carbons (Fsp3) is 0.448. The lowest BCUT2D eigenvalue weighted by Crippen LogP contribution is -2.55. The number of hydrogen-bond donors (Lipinski definition) is 2. The maximum absolute atomic E-state index is 13.0. The molecule has 4 unspecified atom stereocenters. The minimum absolute atomic E-state index is 0.00392. The molecule has 9 nitrogen and oxygen atoms in total. The normalized spacial score (nSPS) is 24.7. The molecule has 3 aromatic rings. The predicted molar refractivity (Wildman–Crippen MR) is 149 cm³/mol. The summed E-state index contributed by atoms with van der Waals surface area (Å²) in [4.78, 5) is 33.4. The third kappa shape index (κ3) is 6.35. The summed E-state index contributed by atoms with van der Waals surface area (Å²) in [5.74, 6) is 1.71. The van der Waals surface area contributed by atoms with Gasteiger partial charge in [0.15, 0.2) is 0 Å². The average molecular weight is 516 g/mol. The molecule has 0 saturated carbocycles. The molecule has 0 spiro atoms. The molecule has 0 aliphatic carbocycles. The zero-order chi connectivity index (χ0) is 26.5. The van der Waals surface area contributed by atoms with Crippen molar-refractivity contribution in [2.45, 2.75) is 32.4 Å². The largest absolute Gasteiger partial charge is 0.395 e. The molecule has 8 rings (SSSR count). The first-order chi connectivity index (χ1) is 18.5. The number of carbonyl (C=O) groups is 1. The molecule has 0 radical (unpaired) electrons. The van der Waals surface area contributed by atoms with E-state index in [1.807, 2.05) is 50.5 Å². The number of pyridine rings is 1. The van der Waals surface area contributed by atoms with Gasteiger partial charge >= 0.3 is 0 Å². The van der Waals surface area contributed by atoms with Crippen molar-refractivity contribution in [3.05, 3.63) is 60.4 Å². The zero-order valence-electron chi connectivity index (χ0n) is 22.3. The quantitative estimate of drug-likeness (QED) is 0.506. The third-order valence-corrected chi connectivity index (χ3v) is 7.62. The number of Topliss-reactive ketones (excluding diaryl/α,β-unsaturated/α-hetero) is 1. The van der Waals surface area contributed by atoms with Gasteiger partial charge < -0.3 is 15.3 Å². The van der Waals surface area contributed by atoms with Crippen molar-refractivity contribution >= 4 is 23.2 Å². The Balaban J connectivity index is 1.41. The number of benzene rings is 1. The predicted octanol–water partition coefficient (Wildman–Crippen LogP) is 3.20. The Hall–Kier alpha value is -3.40. The summed E-state index contributed by atoms with van der Waals surface area (Å²) in [7, 11) is 2.03. The van der Waals surface area contributed by atoms with Crippen LogP contribution in [0.3, 0.4) is 0 Å². The average Bonchev–Trinajstić information content (AvgIpc) is 2.93. The van der Waals surface area contributed by atoms with Gasteiger partial charge in [0, 0.05) is 75.4 Å². The van der Waals surface area contributed by atoms with Crippen LogP contribution in [0.25, 0.3) is 11.3 Å². The fourth-order valence-corrected chi connectivity index (χ4v) is 5.22. The molecule has 9 heteroatoms. The van der Waals surface area contributed by atoms with Crippen LogP contribution in [0.15, 0.2) is 54.9 Å². The van der Waals surface area contributed by atoms with Gasteiger partial charge in [-0.1, -0.05) is 19.1 Å². The van der Waals surface area contributed by atoms with E-state index in [4.69, 9.17) is 4.98 Å². The standard InChI is InChI=1S/C29H37N7O2/c1-21-5-4-12-34(2)28-9-8-23(16-31-28)26-10-11-30-29(33-26)32-24-7-3-6-22(15-24)17-36-14-13-35(19-27(21)38)18-25(36)20-37/h3,6-11,15-16,21,25,37H,4-5,12-14,17-20H2,1-2H3,(H,30,32,33). The van der Waals surface area contributed by atoms with Gasteiger partial charge in [0.05, 0.1) is 18.8 Å². The van der Waals surface area contributed by atoms with E-state index >= 15 is 0 Å². The Morgan fingerprint density at radius 1 is 1.08 bits per heavy atom. The molecular formula is C29H37N7O2. The Morgan fingerprint density at radius 2 is 1.97 bits per heavy atom. The summed E-state index contributed by atoms with van der Waals surface area (Å²) in [5, 5.41) is 13.5. The van der Waals surface area contributed by atoms with Crippen molar-refractivity contribution in [1.29, 1.82) is 0 Å². The van der Waals surface area contributed by atoms with Crippen LogP contribution in [0.5, 0.6) is 0 Å². The van der Waals surface area contributed by atoms with Crippen LogP contribution in [-0.4, -0.2) is 88.1 Å². The molecule has 0 amide bonds. The van der Waals surface area contributed by atoms with Crippen LogP contribution in [0.1, 0.15) is 25.3 Å². The summed E-state index contributed by atoms with van der Waals surface area (Å²) >= 11 is 0. The van der Waals surface area contributed by atoms with Crippen LogP contribution in [-0.2, 0) is 11.3 Å². The van der Waals surface area contributed by atoms with Crippen molar-refractivity contribution in [3.63, 3.8) is 0 Å². The van der Waals surface area contributed by atoms with Gasteiger partial charge in [-0.3, -0.25) is 14.6 Å². The number of aliphatic hydroxyl groups is 1. The second-order valence-corrected chi connectivity index (χ2v) is 10.5. The van der Waals surface area contributed by atoms with E-state index in [0.717, 1.165) is 67.3 Å². The number of anilines is 3. The lowest BCUT2D eigenvalue weighted by atomic mass is 9.99. The zero-order valence-corrected chi connectivity index (χ0v) is 22.3. The van der Waals surface area contributed by atoms with Crippen LogP contribution < -0.4 is 10.2 Å². The highest BCUT2D eigenvalue weighted by Crippen LogP contribution is 2.23. The maximum Gasteiger partial charge on any atom is 0.227 e. The van der Waals surface area contributed by atoms with Crippen LogP contribution in [0.2, 0.25) is 0 Å². The summed E-state index contributed by atoms with van der Waals surface area (Å²) in [6.45, 7) is 6.43. The van der Waals surface area contributed by atoms with Gasteiger partial charge in [0.2, 0.25) is 5.95 Å². The molecule has 8 bridgehead atoms. The topological polar surface area (TPSA) is 97.7 Å². The van der Waals surface area contributed by atoms with Gasteiger partial charge in [0.25, 0.3) is 0 Å². The first kappa shape index (κ1) is 26.2. The lowest BCUT2D eigenvalue weighted by molar-refractivity contribution is -0.124. The Bertz CT molecular complexity index is 1240. The highest BCUT2D eigenvalue weighted by atomic mass is 16.3. The highest BCUT2D eigenvalue weighted by molar-refractivity contribution is 5.82. The van der Waals surface area contributed by atoms with E-state index in [9.17, 15) is 9.90 Å². The number of nitrogens with one attached hydrogen (secondary N) is 1. The van der Waals surface area contributed by atoms with Gasteiger partial charge in [-0.05, 0) is 48.7 Å². The fourth-order valence-electron chi connectivity index (χ4n) is 5.22. The number of carbonyl (C=O) groups excluding carboxylic acids is 1. The monoisotopic (exact) mass is 515 g/mol. The van der Waals surface area contributed by atoms with Gasteiger partial charge in [-0.15, -0.1) is 0 Å². The van der Waals surface area contributed by atoms with Crippen molar-refractivity contribution in [3.8, 4) is 11.3 Å². The first-order valence-corrected chi connectivity index (χ1v) is 13.4. The highest BCUT2D eigenvalue weighted by Gasteiger charge is 2.28. The molecule has 2 aromatic heterocycles. The van der Waals surface area contributed by atoms with E-state index in [1.165, 1.54) is 0 Å². The number of hydrogen-bond acceptors (Lipinski definition) is 9. The molecule has 5 aliphatic heterocycles. The van der Waals surface area contributed by atoms with Crippen molar-refractivity contribution in [1.82, 2.24) is 24.8 Å². The van der Waals surface area contributed by atoms with E-state index in [0.29, 0.717) is 19.0 Å². The Kier molecular flexibility index (Phi) is 8.26. The van der Waals surface area contributed by atoms with Crippen molar-refractivity contribution < 1.29 is 9.90 Å². The lowest BCUT2D eigenvalue weighted by Gasteiger charge is -2.40. The first-order valence-electron chi connectivity index (χ1n) is 13.4. The SMILES string of the molecule is CC1CCCN(C)c2ccc(cn2)-c2ccnc(n2)Nc2cccc(c2)CN2CCN(CC1=O)CC2CO. The van der Waals surface area contributed by atoms with Crippen LogP contribution in [0, 0.1) is 5.92 Å². The molecule has 5 aliphatic rings. The number of nitrogens with zero attached hydrogens (tertiary/aromatic N) is 6. The van der Waals surface area contributed by atoms with Crippen molar-refractivity contribution in [2.24, 2.45) is 5.92 Å². The molecular weight excluding hydrogens is 478 g/mol.